The molecule has 3 N–H and O–H groups in total. The molecule has 0 radical (unpaired) electrons. The first-order valence-corrected chi connectivity index (χ1v) is 8.81. The first-order valence-electron chi connectivity index (χ1n) is 8.81. The minimum Gasteiger partial charge on any atom is -0.369 e. The van der Waals surface area contributed by atoms with Crippen molar-refractivity contribution < 1.29 is 9.59 Å². The quantitative estimate of drug-likeness (QED) is 0.803. The average molecular weight is 331 g/mol. The number of nitrogens with one attached hydrogen (secondary N) is 1. The maximum absolute atomic E-state index is 12.5. The second kappa shape index (κ2) is 8.83. The third-order valence-corrected chi connectivity index (χ3v) is 4.52. The molecule has 0 saturated carbocycles. The van der Waals surface area contributed by atoms with Crippen LogP contribution < -0.4 is 11.1 Å². The van der Waals surface area contributed by atoms with Crippen LogP contribution in [0.4, 0.5) is 0 Å². The number of amides is 2. The molecule has 132 valence electrons. The topological polar surface area (TPSA) is 75.4 Å². The lowest BCUT2D eigenvalue weighted by Gasteiger charge is -2.31. The van der Waals surface area contributed by atoms with Crippen LogP contribution in [0.1, 0.15) is 44.7 Å². The SMILES string of the molecule is CC(C)C[C@@H](NC(=O)CN1CCC[C@H](C(N)=O)C1)c1ccccc1. The molecular formula is C19H29N3O2. The molecule has 1 aliphatic rings. The molecule has 0 spiro atoms. The van der Waals surface area contributed by atoms with Crippen LogP contribution in [0.2, 0.25) is 0 Å². The van der Waals surface area contributed by atoms with Gasteiger partial charge >= 0.3 is 0 Å². The fourth-order valence-electron chi connectivity index (χ4n) is 3.31. The third kappa shape index (κ3) is 5.64. The molecule has 1 aromatic carbocycles. The van der Waals surface area contributed by atoms with Gasteiger partial charge in [-0.2, -0.15) is 0 Å². The minimum absolute atomic E-state index is 0.00891. The van der Waals surface area contributed by atoms with Gasteiger partial charge in [-0.25, -0.2) is 0 Å². The van der Waals surface area contributed by atoms with E-state index in [1.54, 1.807) is 0 Å². The van der Waals surface area contributed by atoms with E-state index in [0.717, 1.165) is 31.4 Å². The van der Waals surface area contributed by atoms with Crippen LogP contribution >= 0.6 is 0 Å². The monoisotopic (exact) mass is 331 g/mol. The summed E-state index contributed by atoms with van der Waals surface area (Å²) in [6, 6.07) is 10.1. The lowest BCUT2D eigenvalue weighted by Crippen LogP contribution is -2.46. The Morgan fingerprint density at radius 3 is 2.62 bits per heavy atom. The van der Waals surface area contributed by atoms with E-state index in [4.69, 9.17) is 5.73 Å². The van der Waals surface area contributed by atoms with E-state index in [1.165, 1.54) is 0 Å². The van der Waals surface area contributed by atoms with Gasteiger partial charge in [0.25, 0.3) is 0 Å². The molecule has 1 aromatic rings. The molecule has 2 atom stereocenters. The highest BCUT2D eigenvalue weighted by molar-refractivity contribution is 5.79. The summed E-state index contributed by atoms with van der Waals surface area (Å²) in [5.74, 6) is 0.105. The zero-order valence-electron chi connectivity index (χ0n) is 14.7. The maximum atomic E-state index is 12.5. The van der Waals surface area contributed by atoms with Crippen molar-refractivity contribution in [2.75, 3.05) is 19.6 Å². The Hall–Kier alpha value is -1.88. The van der Waals surface area contributed by atoms with Gasteiger partial charge in [-0.15, -0.1) is 0 Å². The molecule has 1 aliphatic heterocycles. The summed E-state index contributed by atoms with van der Waals surface area (Å²) in [6.07, 6.45) is 2.64. The van der Waals surface area contributed by atoms with E-state index in [0.29, 0.717) is 19.0 Å². The molecule has 1 saturated heterocycles. The van der Waals surface area contributed by atoms with Crippen LogP contribution in [-0.2, 0) is 9.59 Å². The van der Waals surface area contributed by atoms with Crippen LogP contribution in [0.15, 0.2) is 30.3 Å². The number of nitrogens with two attached hydrogens (primary N) is 1. The number of likely N-dealkylation sites (tertiary alicyclic amines) is 1. The molecule has 5 nitrogen and oxygen atoms in total. The van der Waals surface area contributed by atoms with Crippen LogP contribution in [0, 0.1) is 11.8 Å². The van der Waals surface area contributed by atoms with Gasteiger partial charge in [0.1, 0.15) is 0 Å². The van der Waals surface area contributed by atoms with E-state index >= 15 is 0 Å². The van der Waals surface area contributed by atoms with Crippen molar-refractivity contribution in [2.45, 2.75) is 39.2 Å². The first-order chi connectivity index (χ1) is 11.5. The van der Waals surface area contributed by atoms with E-state index < -0.39 is 0 Å². The first kappa shape index (κ1) is 18.5. The molecule has 24 heavy (non-hydrogen) atoms. The number of carbonyl (C=O) groups is 2. The molecule has 0 aromatic heterocycles. The van der Waals surface area contributed by atoms with Crippen molar-refractivity contribution in [3.8, 4) is 0 Å². The van der Waals surface area contributed by atoms with E-state index in [9.17, 15) is 9.59 Å². The van der Waals surface area contributed by atoms with Crippen LogP contribution in [0.3, 0.4) is 0 Å². The highest BCUT2D eigenvalue weighted by Gasteiger charge is 2.26. The minimum atomic E-state index is -0.262. The molecule has 0 aliphatic carbocycles. The van der Waals surface area contributed by atoms with Crippen LogP contribution in [0.5, 0.6) is 0 Å². The number of piperidine rings is 1. The average Bonchev–Trinajstić information content (AvgIpc) is 2.55. The number of primary amides is 1. The fraction of sp³-hybridized carbons (Fsp3) is 0.579. The lowest BCUT2D eigenvalue weighted by atomic mass is 9.96. The van der Waals surface area contributed by atoms with Gasteiger partial charge in [-0.3, -0.25) is 14.5 Å². The molecule has 1 fully saturated rings. The summed E-state index contributed by atoms with van der Waals surface area (Å²) in [5.41, 5.74) is 6.54. The Morgan fingerprint density at radius 1 is 1.29 bits per heavy atom. The van der Waals surface area contributed by atoms with Crippen molar-refractivity contribution in [2.24, 2.45) is 17.6 Å². The highest BCUT2D eigenvalue weighted by Crippen LogP contribution is 2.21. The Balaban J connectivity index is 1.94. The normalized spacial score (nSPS) is 19.9. The van der Waals surface area contributed by atoms with Gasteiger partial charge in [0, 0.05) is 6.54 Å². The van der Waals surface area contributed by atoms with Crippen molar-refractivity contribution in [3.63, 3.8) is 0 Å². The molecule has 2 rings (SSSR count). The van der Waals surface area contributed by atoms with Gasteiger partial charge in [-0.05, 0) is 37.3 Å². The molecule has 1 heterocycles. The van der Waals surface area contributed by atoms with Gasteiger partial charge in [0.2, 0.25) is 11.8 Å². The second-order valence-electron chi connectivity index (χ2n) is 7.14. The fourth-order valence-corrected chi connectivity index (χ4v) is 3.31. The van der Waals surface area contributed by atoms with Gasteiger partial charge < -0.3 is 11.1 Å². The Bertz CT molecular complexity index is 545. The number of rotatable bonds is 7. The zero-order valence-corrected chi connectivity index (χ0v) is 14.7. The molecule has 0 bridgehead atoms. The number of benzene rings is 1. The highest BCUT2D eigenvalue weighted by atomic mass is 16.2. The van der Waals surface area contributed by atoms with Crippen molar-refractivity contribution in [1.29, 1.82) is 0 Å². The van der Waals surface area contributed by atoms with Gasteiger partial charge in [-0.1, -0.05) is 44.2 Å². The molecule has 5 heteroatoms. The molecular weight excluding hydrogens is 302 g/mol. The van der Waals surface area contributed by atoms with Gasteiger partial charge in [0.15, 0.2) is 0 Å². The molecule has 2 amide bonds. The van der Waals surface area contributed by atoms with Crippen LogP contribution in [-0.4, -0.2) is 36.3 Å². The number of hydrogen-bond acceptors (Lipinski definition) is 3. The largest absolute Gasteiger partial charge is 0.369 e. The van der Waals surface area contributed by atoms with Gasteiger partial charge in [0.05, 0.1) is 18.5 Å². The predicted molar refractivity (Wildman–Crippen MR) is 95.1 cm³/mol. The van der Waals surface area contributed by atoms with Crippen molar-refractivity contribution in [3.05, 3.63) is 35.9 Å². The van der Waals surface area contributed by atoms with E-state index in [-0.39, 0.29) is 23.8 Å². The Morgan fingerprint density at radius 2 is 2.00 bits per heavy atom. The van der Waals surface area contributed by atoms with E-state index in [1.807, 2.05) is 23.1 Å². The Labute approximate surface area is 144 Å². The second-order valence-corrected chi connectivity index (χ2v) is 7.14. The zero-order chi connectivity index (χ0) is 17.5. The summed E-state index contributed by atoms with van der Waals surface area (Å²) in [4.78, 5) is 25.9. The summed E-state index contributed by atoms with van der Waals surface area (Å²) < 4.78 is 0. The van der Waals surface area contributed by atoms with E-state index in [2.05, 4.69) is 31.3 Å². The Kier molecular flexibility index (Phi) is 6.79. The summed E-state index contributed by atoms with van der Waals surface area (Å²) >= 11 is 0. The summed E-state index contributed by atoms with van der Waals surface area (Å²) in [5, 5.41) is 3.16. The maximum Gasteiger partial charge on any atom is 0.234 e. The number of nitrogens with zero attached hydrogens (tertiary/aromatic N) is 1. The van der Waals surface area contributed by atoms with Crippen molar-refractivity contribution >= 4 is 11.8 Å². The molecule has 0 unspecified atom stereocenters. The lowest BCUT2D eigenvalue weighted by molar-refractivity contribution is -0.127. The number of hydrogen-bond donors (Lipinski definition) is 2. The summed E-state index contributed by atoms with van der Waals surface area (Å²) in [6.45, 7) is 6.07. The third-order valence-electron chi connectivity index (χ3n) is 4.52. The van der Waals surface area contributed by atoms with Crippen LogP contribution in [0.25, 0.3) is 0 Å². The summed E-state index contributed by atoms with van der Waals surface area (Å²) in [7, 11) is 0. The number of carbonyl (C=O) groups excluding carboxylic acids is 2. The predicted octanol–water partition coefficient (Wildman–Crippen LogP) is 2.09. The smallest absolute Gasteiger partial charge is 0.234 e. The van der Waals surface area contributed by atoms with Crippen molar-refractivity contribution in [1.82, 2.24) is 10.2 Å². The standard InChI is InChI=1S/C19H29N3O2/c1-14(2)11-17(15-7-4-3-5-8-15)21-18(23)13-22-10-6-9-16(12-22)19(20)24/h3-5,7-8,14,16-17H,6,9-13H2,1-2H3,(H2,20,24)(H,21,23)/t16-,17+/m0/s1.